The van der Waals surface area contributed by atoms with Crippen LogP contribution in [-0.2, 0) is 11.4 Å². The highest BCUT2D eigenvalue weighted by atomic mass is 127. The quantitative estimate of drug-likeness (QED) is 0.193. The first kappa shape index (κ1) is 24.4. The molecule has 31 heavy (non-hydrogen) atoms. The van der Waals surface area contributed by atoms with Crippen LogP contribution in [0, 0.1) is 9.49 Å². The molecule has 1 saturated heterocycles. The van der Waals surface area contributed by atoms with Crippen LogP contribution in [0.1, 0.15) is 31.9 Å². The van der Waals surface area contributed by atoms with Crippen LogP contribution in [0.3, 0.4) is 0 Å². The number of carbonyl (C=O) groups excluding carboxylic acids is 1. The summed E-state index contributed by atoms with van der Waals surface area (Å²) in [4.78, 5) is 15.1. The third-order valence-corrected chi connectivity index (χ3v) is 6.78. The van der Waals surface area contributed by atoms with Crippen molar-refractivity contribution in [2.45, 2.75) is 27.4 Å². The minimum absolute atomic E-state index is 0.0419. The molecule has 2 aromatic carbocycles. The maximum Gasteiger partial charge on any atom is 0.266 e. The highest BCUT2D eigenvalue weighted by Crippen LogP contribution is 2.38. The Balaban J connectivity index is 1.84. The van der Waals surface area contributed by atoms with Crippen LogP contribution in [0.25, 0.3) is 6.08 Å². The molecular formula is C23H23ClINO3S2. The van der Waals surface area contributed by atoms with Gasteiger partial charge in [0.15, 0.2) is 11.5 Å². The summed E-state index contributed by atoms with van der Waals surface area (Å²) >= 11 is 14.9. The van der Waals surface area contributed by atoms with Gasteiger partial charge >= 0.3 is 0 Å². The first-order valence-corrected chi connectivity index (χ1v) is 12.6. The van der Waals surface area contributed by atoms with Gasteiger partial charge in [-0.05, 0) is 76.9 Å². The van der Waals surface area contributed by atoms with E-state index in [1.54, 1.807) is 4.90 Å². The number of halogens is 2. The number of hydrogen-bond acceptors (Lipinski definition) is 5. The molecule has 1 aliphatic heterocycles. The van der Waals surface area contributed by atoms with Gasteiger partial charge in [0, 0.05) is 11.6 Å². The SMILES string of the molecule is CCOc1cc(/C=C2\SC(=S)N(CC(C)C)C2=O)cc(I)c1OCc1ccc(Cl)cc1. The summed E-state index contributed by atoms with van der Waals surface area (Å²) in [5, 5.41) is 0.691. The Morgan fingerprint density at radius 1 is 1.23 bits per heavy atom. The number of thiocarbonyl (C=S) groups is 1. The molecule has 4 nitrogen and oxygen atoms in total. The molecule has 0 radical (unpaired) electrons. The average Bonchev–Trinajstić information content (AvgIpc) is 2.96. The van der Waals surface area contributed by atoms with Gasteiger partial charge in [-0.3, -0.25) is 9.69 Å². The molecule has 0 spiro atoms. The Hall–Kier alpha value is -1.29. The number of carbonyl (C=O) groups is 1. The second kappa shape index (κ2) is 11.0. The summed E-state index contributed by atoms with van der Waals surface area (Å²) in [6, 6.07) is 11.4. The molecule has 3 rings (SSSR count). The highest BCUT2D eigenvalue weighted by Gasteiger charge is 2.32. The van der Waals surface area contributed by atoms with Gasteiger partial charge in [0.2, 0.25) is 0 Å². The highest BCUT2D eigenvalue weighted by molar-refractivity contribution is 14.1. The van der Waals surface area contributed by atoms with E-state index in [1.165, 1.54) is 11.8 Å². The van der Waals surface area contributed by atoms with Gasteiger partial charge in [0.05, 0.1) is 15.1 Å². The fourth-order valence-electron chi connectivity index (χ4n) is 2.98. The van der Waals surface area contributed by atoms with E-state index in [0.29, 0.717) is 51.4 Å². The molecule has 0 aromatic heterocycles. The summed E-state index contributed by atoms with van der Waals surface area (Å²) in [7, 11) is 0. The summed E-state index contributed by atoms with van der Waals surface area (Å²) in [5.74, 6) is 1.64. The van der Waals surface area contributed by atoms with Crippen LogP contribution in [0.2, 0.25) is 5.02 Å². The minimum Gasteiger partial charge on any atom is -0.490 e. The summed E-state index contributed by atoms with van der Waals surface area (Å²) in [6.45, 7) is 7.61. The fraction of sp³-hybridized carbons (Fsp3) is 0.304. The van der Waals surface area contributed by atoms with Crippen molar-refractivity contribution in [3.8, 4) is 11.5 Å². The number of rotatable bonds is 8. The molecule has 0 unspecified atom stereocenters. The van der Waals surface area contributed by atoms with Gasteiger partial charge in [-0.15, -0.1) is 0 Å². The number of thioether (sulfide) groups is 1. The standard InChI is InChI=1S/C23H23ClINO3S2/c1-4-28-19-10-16(11-20-22(27)26(12-14(2)3)23(30)31-20)9-18(25)21(19)29-13-15-5-7-17(24)8-6-15/h5-11,14H,4,12-13H2,1-3H3/b20-11-. The van der Waals surface area contributed by atoms with E-state index in [1.807, 2.05) is 49.4 Å². The number of amides is 1. The fourth-order valence-corrected chi connectivity index (χ4v) is 5.17. The summed E-state index contributed by atoms with van der Waals surface area (Å²) in [5.41, 5.74) is 1.89. The van der Waals surface area contributed by atoms with Crippen LogP contribution < -0.4 is 9.47 Å². The Kier molecular flexibility index (Phi) is 8.66. The minimum atomic E-state index is -0.0419. The van der Waals surface area contributed by atoms with Crippen molar-refractivity contribution in [1.82, 2.24) is 4.90 Å². The molecule has 0 N–H and O–H groups in total. The van der Waals surface area contributed by atoms with Gasteiger partial charge in [-0.2, -0.15) is 0 Å². The van der Waals surface area contributed by atoms with Crippen LogP contribution in [0.5, 0.6) is 11.5 Å². The van der Waals surface area contributed by atoms with Crippen molar-refractivity contribution in [3.63, 3.8) is 0 Å². The van der Waals surface area contributed by atoms with E-state index < -0.39 is 0 Å². The second-order valence-corrected chi connectivity index (χ2v) is 10.6. The maximum absolute atomic E-state index is 12.8. The van der Waals surface area contributed by atoms with Gasteiger partial charge in [0.25, 0.3) is 5.91 Å². The first-order valence-electron chi connectivity index (χ1n) is 9.87. The zero-order valence-electron chi connectivity index (χ0n) is 17.5. The molecule has 1 heterocycles. The molecule has 1 amide bonds. The number of ether oxygens (including phenoxy) is 2. The Labute approximate surface area is 211 Å². The van der Waals surface area contributed by atoms with Gasteiger partial charge < -0.3 is 9.47 Å². The number of hydrogen-bond donors (Lipinski definition) is 0. The van der Waals surface area contributed by atoms with Crippen molar-refractivity contribution in [2.75, 3.05) is 13.2 Å². The predicted molar refractivity (Wildman–Crippen MR) is 141 cm³/mol. The van der Waals surface area contributed by atoms with E-state index in [4.69, 9.17) is 33.3 Å². The third-order valence-electron chi connectivity index (χ3n) is 4.35. The van der Waals surface area contributed by atoms with Crippen LogP contribution in [0.4, 0.5) is 0 Å². The normalized spacial score (nSPS) is 15.3. The molecule has 164 valence electrons. The molecule has 1 fully saturated rings. The first-order chi connectivity index (χ1) is 14.8. The molecule has 0 bridgehead atoms. The predicted octanol–water partition coefficient (Wildman–Crippen LogP) is 6.78. The van der Waals surface area contributed by atoms with E-state index in [0.717, 1.165) is 14.7 Å². The average molecular weight is 588 g/mol. The number of benzene rings is 2. The molecule has 1 aliphatic rings. The smallest absolute Gasteiger partial charge is 0.266 e. The third kappa shape index (κ3) is 6.37. The largest absolute Gasteiger partial charge is 0.490 e. The second-order valence-electron chi connectivity index (χ2n) is 7.36. The van der Waals surface area contributed by atoms with Crippen LogP contribution >= 0.6 is 58.2 Å². The monoisotopic (exact) mass is 587 g/mol. The topological polar surface area (TPSA) is 38.8 Å². The zero-order valence-corrected chi connectivity index (χ0v) is 22.0. The molecule has 0 saturated carbocycles. The van der Waals surface area contributed by atoms with Crippen molar-refractivity contribution in [3.05, 3.63) is 61.0 Å². The molecular weight excluding hydrogens is 565 g/mol. The van der Waals surface area contributed by atoms with E-state index in [-0.39, 0.29) is 5.91 Å². The lowest BCUT2D eigenvalue weighted by Crippen LogP contribution is -2.31. The zero-order chi connectivity index (χ0) is 22.5. The lowest BCUT2D eigenvalue weighted by molar-refractivity contribution is -0.122. The van der Waals surface area contributed by atoms with Crippen molar-refractivity contribution < 1.29 is 14.3 Å². The van der Waals surface area contributed by atoms with Crippen molar-refractivity contribution in [1.29, 1.82) is 0 Å². The Morgan fingerprint density at radius 2 is 1.94 bits per heavy atom. The van der Waals surface area contributed by atoms with Crippen molar-refractivity contribution >= 4 is 74.5 Å². The molecule has 8 heteroatoms. The maximum atomic E-state index is 12.8. The lowest BCUT2D eigenvalue weighted by Gasteiger charge is -2.16. The lowest BCUT2D eigenvalue weighted by atomic mass is 10.1. The van der Waals surface area contributed by atoms with Crippen LogP contribution in [-0.4, -0.2) is 28.3 Å². The summed E-state index contributed by atoms with van der Waals surface area (Å²) in [6.07, 6.45) is 1.87. The van der Waals surface area contributed by atoms with Gasteiger partial charge in [-0.25, -0.2) is 0 Å². The van der Waals surface area contributed by atoms with E-state index in [9.17, 15) is 4.79 Å². The Morgan fingerprint density at radius 3 is 2.58 bits per heavy atom. The molecule has 2 aromatic rings. The summed E-state index contributed by atoms with van der Waals surface area (Å²) < 4.78 is 13.4. The van der Waals surface area contributed by atoms with Crippen molar-refractivity contribution in [2.24, 2.45) is 5.92 Å². The van der Waals surface area contributed by atoms with Crippen LogP contribution in [0.15, 0.2) is 41.3 Å². The molecule has 0 aliphatic carbocycles. The number of nitrogens with zero attached hydrogens (tertiary/aromatic N) is 1. The van der Waals surface area contributed by atoms with E-state index >= 15 is 0 Å². The van der Waals surface area contributed by atoms with Gasteiger partial charge in [-0.1, -0.05) is 61.6 Å². The van der Waals surface area contributed by atoms with Gasteiger partial charge in [0.1, 0.15) is 10.9 Å². The Bertz CT molecular complexity index is 1010. The van der Waals surface area contributed by atoms with E-state index in [2.05, 4.69) is 36.4 Å². The molecule has 0 atom stereocenters.